The van der Waals surface area contributed by atoms with Crippen LogP contribution in [0.15, 0.2) is 0 Å². The van der Waals surface area contributed by atoms with Gasteiger partial charge in [-0.15, -0.1) is 0 Å². The van der Waals surface area contributed by atoms with Gasteiger partial charge in [0.25, 0.3) is 0 Å². The van der Waals surface area contributed by atoms with Gasteiger partial charge in [-0.2, -0.15) is 0 Å². The Balaban J connectivity index is 2.43. The summed E-state index contributed by atoms with van der Waals surface area (Å²) >= 11 is 0. The van der Waals surface area contributed by atoms with Crippen LogP contribution in [-0.4, -0.2) is 18.9 Å². The van der Waals surface area contributed by atoms with E-state index >= 15 is 0 Å². The van der Waals surface area contributed by atoms with E-state index in [9.17, 15) is 9.59 Å². The number of cyclic esters (lactones) is 1. The van der Waals surface area contributed by atoms with E-state index < -0.39 is 0 Å². The van der Waals surface area contributed by atoms with Crippen molar-refractivity contribution in [1.29, 1.82) is 0 Å². The maximum Gasteiger partial charge on any atom is 0.306 e. The molecule has 0 N–H and O–H groups in total. The first-order valence-electron chi connectivity index (χ1n) is 2.44. The Labute approximate surface area is 46.6 Å². The standard InChI is InChI=1S/C5H6O3/c6-2-4-1-5(7)8-3-4/h2,4H,1,3H2. The van der Waals surface area contributed by atoms with Crippen LogP contribution in [0.2, 0.25) is 0 Å². The van der Waals surface area contributed by atoms with Gasteiger partial charge in [0.15, 0.2) is 0 Å². The molecule has 0 amide bonds. The average Bonchev–Trinajstić information content (AvgIpc) is 2.14. The van der Waals surface area contributed by atoms with Crippen LogP contribution in [-0.2, 0) is 14.3 Å². The van der Waals surface area contributed by atoms with E-state index in [-0.39, 0.29) is 24.9 Å². The third-order valence-corrected chi connectivity index (χ3v) is 1.08. The quantitative estimate of drug-likeness (QED) is 0.348. The van der Waals surface area contributed by atoms with Gasteiger partial charge in [0.2, 0.25) is 0 Å². The normalized spacial score (nSPS) is 27.5. The molecule has 3 heteroatoms. The molecule has 0 aliphatic carbocycles. The van der Waals surface area contributed by atoms with Crippen LogP contribution in [0, 0.1) is 5.92 Å². The molecule has 1 heterocycles. The summed E-state index contributed by atoms with van der Waals surface area (Å²) < 4.78 is 4.49. The molecule has 8 heavy (non-hydrogen) atoms. The first kappa shape index (κ1) is 5.28. The Morgan fingerprint density at radius 1 is 1.75 bits per heavy atom. The fraction of sp³-hybridized carbons (Fsp3) is 0.600. The predicted molar refractivity (Wildman–Crippen MR) is 25.1 cm³/mol. The summed E-state index contributed by atoms with van der Waals surface area (Å²) in [7, 11) is 0. The summed E-state index contributed by atoms with van der Waals surface area (Å²) in [5.74, 6) is -0.440. The SMILES string of the molecule is O=CC1COC(=O)C1. The van der Waals surface area contributed by atoms with Crippen molar-refractivity contribution in [1.82, 2.24) is 0 Å². The molecule has 0 spiro atoms. The molecular formula is C5H6O3. The van der Waals surface area contributed by atoms with Crippen LogP contribution < -0.4 is 0 Å². The van der Waals surface area contributed by atoms with Crippen LogP contribution in [0.25, 0.3) is 0 Å². The van der Waals surface area contributed by atoms with Crippen LogP contribution in [0.3, 0.4) is 0 Å². The summed E-state index contributed by atoms with van der Waals surface area (Å²) in [6.07, 6.45) is 1.02. The van der Waals surface area contributed by atoms with E-state index in [1.54, 1.807) is 0 Å². The van der Waals surface area contributed by atoms with Gasteiger partial charge in [0, 0.05) is 0 Å². The van der Waals surface area contributed by atoms with Gasteiger partial charge in [-0.25, -0.2) is 0 Å². The van der Waals surface area contributed by atoms with E-state index in [0.717, 1.165) is 6.29 Å². The molecule has 0 aromatic heterocycles. The lowest BCUT2D eigenvalue weighted by Gasteiger charge is -1.87. The molecule has 0 bridgehead atoms. The van der Waals surface area contributed by atoms with E-state index in [1.165, 1.54) is 0 Å². The van der Waals surface area contributed by atoms with Crippen LogP contribution in [0.5, 0.6) is 0 Å². The van der Waals surface area contributed by atoms with E-state index in [4.69, 9.17) is 0 Å². The largest absolute Gasteiger partial charge is 0.465 e. The molecule has 1 aliphatic rings. The molecule has 1 rings (SSSR count). The number of esters is 1. The molecule has 1 aliphatic heterocycles. The molecule has 44 valence electrons. The fourth-order valence-electron chi connectivity index (χ4n) is 0.619. The van der Waals surface area contributed by atoms with E-state index in [2.05, 4.69) is 4.74 Å². The lowest BCUT2D eigenvalue weighted by atomic mass is 10.1. The second-order valence-electron chi connectivity index (χ2n) is 1.78. The van der Waals surface area contributed by atoms with Crippen molar-refractivity contribution in [2.75, 3.05) is 6.61 Å². The molecule has 3 nitrogen and oxygen atoms in total. The second kappa shape index (κ2) is 1.94. The highest BCUT2D eigenvalue weighted by atomic mass is 16.5. The predicted octanol–water partition coefficient (Wildman–Crippen LogP) is -0.252. The van der Waals surface area contributed by atoms with Crippen LogP contribution in [0.1, 0.15) is 6.42 Å². The fourth-order valence-corrected chi connectivity index (χ4v) is 0.619. The molecule has 1 unspecified atom stereocenters. The Morgan fingerprint density at radius 3 is 2.75 bits per heavy atom. The highest BCUT2D eigenvalue weighted by Gasteiger charge is 2.22. The Kier molecular flexibility index (Phi) is 1.28. The zero-order chi connectivity index (χ0) is 5.98. The van der Waals surface area contributed by atoms with Crippen molar-refractivity contribution >= 4 is 12.3 Å². The average molecular weight is 114 g/mol. The zero-order valence-electron chi connectivity index (χ0n) is 4.29. The first-order chi connectivity index (χ1) is 3.83. The highest BCUT2D eigenvalue weighted by Crippen LogP contribution is 2.09. The number of ether oxygens (including phenoxy) is 1. The zero-order valence-corrected chi connectivity index (χ0v) is 4.29. The number of carbonyl (C=O) groups excluding carboxylic acids is 2. The molecule has 0 saturated carbocycles. The minimum Gasteiger partial charge on any atom is -0.465 e. The molecular weight excluding hydrogens is 108 g/mol. The Bertz CT molecular complexity index is 119. The van der Waals surface area contributed by atoms with Crippen molar-refractivity contribution in [3.63, 3.8) is 0 Å². The lowest BCUT2D eigenvalue weighted by molar-refractivity contribution is -0.137. The van der Waals surface area contributed by atoms with Crippen molar-refractivity contribution in [3.05, 3.63) is 0 Å². The van der Waals surface area contributed by atoms with Gasteiger partial charge in [-0.3, -0.25) is 4.79 Å². The molecule has 0 aromatic rings. The first-order valence-corrected chi connectivity index (χ1v) is 2.44. The summed E-state index contributed by atoms with van der Waals surface area (Å²) in [6, 6.07) is 0. The van der Waals surface area contributed by atoms with Crippen LogP contribution >= 0.6 is 0 Å². The molecule has 1 fully saturated rings. The monoisotopic (exact) mass is 114 g/mol. The topological polar surface area (TPSA) is 43.4 Å². The summed E-state index contributed by atoms with van der Waals surface area (Å²) in [5, 5.41) is 0. The minimum absolute atomic E-state index is 0.178. The van der Waals surface area contributed by atoms with Crippen molar-refractivity contribution in [2.45, 2.75) is 6.42 Å². The summed E-state index contributed by atoms with van der Waals surface area (Å²) in [5.41, 5.74) is 0. The Hall–Kier alpha value is -0.860. The van der Waals surface area contributed by atoms with Gasteiger partial charge in [-0.05, 0) is 0 Å². The molecule has 1 atom stereocenters. The minimum atomic E-state index is -0.262. The third-order valence-electron chi connectivity index (χ3n) is 1.08. The van der Waals surface area contributed by atoms with Gasteiger partial charge >= 0.3 is 5.97 Å². The van der Waals surface area contributed by atoms with E-state index in [1.807, 2.05) is 0 Å². The number of hydrogen-bond acceptors (Lipinski definition) is 3. The van der Waals surface area contributed by atoms with Crippen molar-refractivity contribution in [2.24, 2.45) is 5.92 Å². The van der Waals surface area contributed by atoms with Gasteiger partial charge < -0.3 is 9.53 Å². The van der Waals surface area contributed by atoms with Gasteiger partial charge in [0.05, 0.1) is 12.3 Å². The second-order valence-corrected chi connectivity index (χ2v) is 1.78. The van der Waals surface area contributed by atoms with Crippen molar-refractivity contribution < 1.29 is 14.3 Å². The lowest BCUT2D eigenvalue weighted by Crippen LogP contribution is -1.98. The molecule has 1 saturated heterocycles. The summed E-state index contributed by atoms with van der Waals surface area (Å²) in [6.45, 7) is 0.280. The smallest absolute Gasteiger partial charge is 0.306 e. The number of aldehydes is 1. The molecule has 0 radical (unpaired) electrons. The number of hydrogen-bond donors (Lipinski definition) is 0. The van der Waals surface area contributed by atoms with E-state index in [0.29, 0.717) is 0 Å². The number of carbonyl (C=O) groups is 2. The van der Waals surface area contributed by atoms with Crippen molar-refractivity contribution in [3.8, 4) is 0 Å². The molecule has 0 aromatic carbocycles. The summed E-state index contributed by atoms with van der Waals surface area (Å²) in [4.78, 5) is 20.2. The van der Waals surface area contributed by atoms with Crippen LogP contribution in [0.4, 0.5) is 0 Å². The maximum absolute atomic E-state index is 10.2. The Morgan fingerprint density at radius 2 is 2.50 bits per heavy atom. The third kappa shape index (κ3) is 0.857. The number of rotatable bonds is 1. The van der Waals surface area contributed by atoms with Gasteiger partial charge in [-0.1, -0.05) is 0 Å². The maximum atomic E-state index is 10.2. The van der Waals surface area contributed by atoms with Gasteiger partial charge in [0.1, 0.15) is 12.9 Å². The highest BCUT2D eigenvalue weighted by molar-refractivity contribution is 5.76.